The average molecular weight is 485 g/mol. The lowest BCUT2D eigenvalue weighted by Crippen LogP contribution is -2.11. The molecule has 0 saturated heterocycles. The van der Waals surface area contributed by atoms with E-state index in [9.17, 15) is 13.2 Å². The third-order valence-electron chi connectivity index (χ3n) is 3.91. The number of primary amides is 1. The van der Waals surface area contributed by atoms with Crippen molar-refractivity contribution in [3.05, 3.63) is 70.3 Å². The van der Waals surface area contributed by atoms with Gasteiger partial charge >= 0.3 is 0 Å². The number of hydrogen-bond donors (Lipinski definition) is 2. The number of aromatic nitrogens is 1. The zero-order chi connectivity index (χ0) is 23.2. The number of nitrogens with zero attached hydrogens (tertiary/aromatic N) is 1. The van der Waals surface area contributed by atoms with Crippen molar-refractivity contribution in [2.75, 3.05) is 14.2 Å². The highest BCUT2D eigenvalue weighted by molar-refractivity contribution is 7.85. The van der Waals surface area contributed by atoms with E-state index in [-0.39, 0.29) is 15.5 Å². The van der Waals surface area contributed by atoms with E-state index in [1.54, 1.807) is 24.3 Å². The van der Waals surface area contributed by atoms with Crippen molar-refractivity contribution in [3.63, 3.8) is 0 Å². The molecular weight excluding hydrogens is 467 g/mol. The van der Waals surface area contributed by atoms with Crippen LogP contribution in [0.5, 0.6) is 11.5 Å². The Bertz CT molecular complexity index is 1160. The average Bonchev–Trinajstić information content (AvgIpc) is 2.72. The summed E-state index contributed by atoms with van der Waals surface area (Å²) in [5.74, 6) is 0.555. The Hall–Kier alpha value is -2.85. The monoisotopic (exact) mass is 484 g/mol. The number of carbonyl (C=O) groups is 1. The molecule has 0 fully saturated rings. The second-order valence-electron chi connectivity index (χ2n) is 5.88. The summed E-state index contributed by atoms with van der Waals surface area (Å²) >= 11 is 11.2. The Balaban J connectivity index is 0.000000262. The summed E-state index contributed by atoms with van der Waals surface area (Å²) < 4.78 is 41.4. The van der Waals surface area contributed by atoms with Gasteiger partial charge in [0.25, 0.3) is 10.1 Å². The van der Waals surface area contributed by atoms with E-state index in [0.29, 0.717) is 27.8 Å². The minimum atomic E-state index is -4.26. The van der Waals surface area contributed by atoms with E-state index in [1.165, 1.54) is 38.5 Å². The Labute approximate surface area is 189 Å². The molecule has 8 nitrogen and oxygen atoms in total. The fraction of sp³-hybridized carbons (Fsp3) is 0.100. The number of amides is 1. The van der Waals surface area contributed by atoms with Gasteiger partial charge < -0.3 is 15.2 Å². The van der Waals surface area contributed by atoms with E-state index >= 15 is 0 Å². The van der Waals surface area contributed by atoms with Crippen LogP contribution >= 0.6 is 23.2 Å². The number of rotatable bonds is 5. The fourth-order valence-corrected chi connectivity index (χ4v) is 3.40. The minimum absolute atomic E-state index is 0.268. The summed E-state index contributed by atoms with van der Waals surface area (Å²) in [5, 5.41) is 0.769. The number of nitrogens with two attached hydrogens (primary N) is 1. The minimum Gasteiger partial charge on any atom is -0.496 e. The number of halogens is 2. The van der Waals surface area contributed by atoms with E-state index < -0.39 is 16.0 Å². The molecule has 164 valence electrons. The van der Waals surface area contributed by atoms with Crippen LogP contribution in [0.15, 0.2) is 59.6 Å². The van der Waals surface area contributed by atoms with E-state index in [2.05, 4.69) is 4.98 Å². The molecule has 11 heteroatoms. The summed E-state index contributed by atoms with van der Waals surface area (Å²) in [5.41, 5.74) is 6.38. The normalized spacial score (nSPS) is 10.6. The van der Waals surface area contributed by atoms with Crippen molar-refractivity contribution in [3.8, 4) is 22.8 Å². The summed E-state index contributed by atoms with van der Waals surface area (Å²) in [7, 11) is -1.22. The Morgan fingerprint density at radius 3 is 2.06 bits per heavy atom. The van der Waals surface area contributed by atoms with E-state index in [0.717, 1.165) is 6.20 Å². The molecule has 0 radical (unpaired) electrons. The van der Waals surface area contributed by atoms with Crippen molar-refractivity contribution < 1.29 is 27.2 Å². The third-order valence-corrected chi connectivity index (χ3v) is 5.30. The maximum absolute atomic E-state index is 11.0. The van der Waals surface area contributed by atoms with Crippen molar-refractivity contribution in [2.45, 2.75) is 4.90 Å². The molecule has 0 aliphatic heterocycles. The zero-order valence-corrected chi connectivity index (χ0v) is 18.7. The number of hydrogen-bond acceptors (Lipinski definition) is 6. The second-order valence-corrected chi connectivity index (χ2v) is 8.15. The van der Waals surface area contributed by atoms with Crippen LogP contribution in [0.1, 0.15) is 10.4 Å². The smallest absolute Gasteiger partial charge is 0.296 e. The van der Waals surface area contributed by atoms with Gasteiger partial charge in [-0.2, -0.15) is 8.42 Å². The van der Waals surface area contributed by atoms with Crippen molar-refractivity contribution in [2.24, 2.45) is 5.73 Å². The molecule has 0 atom stereocenters. The summed E-state index contributed by atoms with van der Waals surface area (Å²) in [6.07, 6.45) is 1.08. The van der Waals surface area contributed by atoms with Gasteiger partial charge in [-0.15, -0.1) is 0 Å². The molecular formula is C20H18Cl2N2O6S. The van der Waals surface area contributed by atoms with Crippen LogP contribution in [-0.4, -0.2) is 38.1 Å². The van der Waals surface area contributed by atoms with Gasteiger partial charge in [-0.05, 0) is 42.5 Å². The highest BCUT2D eigenvalue weighted by Crippen LogP contribution is 2.37. The number of methoxy groups -OCH3 is 2. The first-order valence-electron chi connectivity index (χ1n) is 8.48. The van der Waals surface area contributed by atoms with Crippen LogP contribution in [0.2, 0.25) is 10.0 Å². The predicted octanol–water partition coefficient (Wildman–Crippen LogP) is 4.10. The van der Waals surface area contributed by atoms with Gasteiger partial charge in [0.1, 0.15) is 16.4 Å². The maximum atomic E-state index is 11.0. The predicted molar refractivity (Wildman–Crippen MR) is 118 cm³/mol. The first-order chi connectivity index (χ1) is 14.6. The molecule has 3 rings (SSSR count). The molecule has 1 heterocycles. The standard InChI is InChI=1S/C13H13NO5S.C7H5Cl2NO/c1-18-11-4-3-5-12(19-2)13(11)10-7-6-9(8-14-10)20(15,16)17;8-4-1-2-5(7(10)11)6(9)3-4/h3-8H,1-2H3,(H,15,16,17);1-3H,(H2,10,11). The summed E-state index contributed by atoms with van der Waals surface area (Å²) in [6, 6.07) is 12.5. The molecule has 3 N–H and O–H groups in total. The van der Waals surface area contributed by atoms with Crippen molar-refractivity contribution in [1.29, 1.82) is 0 Å². The van der Waals surface area contributed by atoms with Crippen molar-refractivity contribution >= 4 is 39.2 Å². The van der Waals surface area contributed by atoms with E-state index in [1.807, 2.05) is 0 Å². The first-order valence-corrected chi connectivity index (χ1v) is 10.7. The lowest BCUT2D eigenvalue weighted by atomic mass is 10.1. The fourth-order valence-electron chi connectivity index (χ4n) is 2.47. The van der Waals surface area contributed by atoms with Crippen molar-refractivity contribution in [1.82, 2.24) is 4.98 Å². The molecule has 0 unspecified atom stereocenters. The van der Waals surface area contributed by atoms with E-state index in [4.69, 9.17) is 43.0 Å². The molecule has 0 aliphatic rings. The lowest BCUT2D eigenvalue weighted by molar-refractivity contribution is 0.100. The van der Waals surface area contributed by atoms with Gasteiger partial charge in [0.05, 0.1) is 36.1 Å². The molecule has 0 bridgehead atoms. The van der Waals surface area contributed by atoms with Gasteiger partial charge in [0.15, 0.2) is 0 Å². The summed E-state index contributed by atoms with van der Waals surface area (Å²) in [4.78, 5) is 14.4. The molecule has 1 amide bonds. The molecule has 0 spiro atoms. The number of carbonyl (C=O) groups excluding carboxylic acids is 1. The Kier molecular flexibility index (Phi) is 8.23. The summed E-state index contributed by atoms with van der Waals surface area (Å²) in [6.45, 7) is 0. The third kappa shape index (κ3) is 6.31. The number of pyridine rings is 1. The topological polar surface area (TPSA) is 129 Å². The molecule has 1 aromatic heterocycles. The van der Waals surface area contributed by atoms with Crippen LogP contribution in [0, 0.1) is 0 Å². The number of ether oxygens (including phenoxy) is 2. The van der Waals surface area contributed by atoms with Gasteiger partial charge in [-0.3, -0.25) is 14.3 Å². The molecule has 0 saturated carbocycles. The van der Waals surface area contributed by atoms with Gasteiger partial charge in [0, 0.05) is 11.2 Å². The number of benzene rings is 2. The quantitative estimate of drug-likeness (QED) is 0.521. The Morgan fingerprint density at radius 2 is 1.65 bits per heavy atom. The van der Waals surface area contributed by atoms with Crippen LogP contribution in [0.4, 0.5) is 0 Å². The second kappa shape index (κ2) is 10.5. The lowest BCUT2D eigenvalue weighted by Gasteiger charge is -2.12. The molecule has 0 aliphatic carbocycles. The van der Waals surface area contributed by atoms with Gasteiger partial charge in [-0.1, -0.05) is 29.3 Å². The SMILES string of the molecule is COc1cccc(OC)c1-c1ccc(S(=O)(=O)O)cn1.NC(=O)c1ccc(Cl)cc1Cl. The Morgan fingerprint density at radius 1 is 1.03 bits per heavy atom. The van der Waals surface area contributed by atoms with Gasteiger partial charge in [-0.25, -0.2) is 0 Å². The van der Waals surface area contributed by atoms with Crippen LogP contribution in [0.3, 0.4) is 0 Å². The molecule has 2 aromatic carbocycles. The maximum Gasteiger partial charge on any atom is 0.296 e. The highest BCUT2D eigenvalue weighted by atomic mass is 35.5. The largest absolute Gasteiger partial charge is 0.496 e. The van der Waals surface area contributed by atoms with Crippen LogP contribution < -0.4 is 15.2 Å². The molecule has 31 heavy (non-hydrogen) atoms. The zero-order valence-electron chi connectivity index (χ0n) is 16.4. The molecule has 3 aromatic rings. The highest BCUT2D eigenvalue weighted by Gasteiger charge is 2.15. The van der Waals surface area contributed by atoms with Gasteiger partial charge in [0.2, 0.25) is 5.91 Å². The van der Waals surface area contributed by atoms with Crippen LogP contribution in [0.25, 0.3) is 11.3 Å². The van der Waals surface area contributed by atoms with Crippen LogP contribution in [-0.2, 0) is 10.1 Å². The first kappa shape index (κ1) is 24.4.